The normalized spacial score (nSPS) is 10.6. The largest absolute Gasteiger partial charge is 0.494 e. The Bertz CT molecular complexity index is 1600. The Balaban J connectivity index is 1.08. The molecule has 4 aromatic rings. The number of unbranched alkanes of at least 4 members (excludes halogenated alkanes) is 7. The highest BCUT2D eigenvalue weighted by Crippen LogP contribution is 2.20. The predicted octanol–water partition coefficient (Wildman–Crippen LogP) is 9.84. The van der Waals surface area contributed by atoms with Crippen molar-refractivity contribution in [3.8, 4) is 23.0 Å². The molecule has 0 aliphatic rings. The summed E-state index contributed by atoms with van der Waals surface area (Å²) < 4.78 is 33.0. The Labute approximate surface area is 317 Å². The molecule has 0 aliphatic heterocycles. The van der Waals surface area contributed by atoms with Crippen LogP contribution in [0.5, 0.6) is 23.0 Å². The molecule has 0 unspecified atom stereocenters. The first kappa shape index (κ1) is 41.1. The van der Waals surface area contributed by atoms with Gasteiger partial charge in [-0.2, -0.15) is 0 Å². The monoisotopic (exact) mass is 738 g/mol. The number of benzene rings is 4. The fraction of sp³-hybridized carbons (Fsp3) is 0.364. The van der Waals surface area contributed by atoms with Gasteiger partial charge in [-0.25, -0.2) is 19.2 Å². The molecule has 0 saturated heterocycles. The summed E-state index contributed by atoms with van der Waals surface area (Å²) in [5.74, 6) is -0.0765. The second-order valence-corrected chi connectivity index (χ2v) is 12.7. The maximum atomic E-state index is 12.6. The smallest absolute Gasteiger partial charge is 0.343 e. The fourth-order valence-electron chi connectivity index (χ4n) is 5.16. The molecular formula is C44H50O10. The summed E-state index contributed by atoms with van der Waals surface area (Å²) in [5.41, 5.74) is 1.39. The van der Waals surface area contributed by atoms with Gasteiger partial charge < -0.3 is 28.4 Å². The van der Waals surface area contributed by atoms with E-state index in [1.807, 2.05) is 0 Å². The van der Waals surface area contributed by atoms with Crippen LogP contribution in [0, 0.1) is 0 Å². The molecule has 0 atom stereocenters. The van der Waals surface area contributed by atoms with Crippen LogP contribution in [-0.2, 0) is 9.47 Å². The number of carbonyl (C=O) groups excluding carboxylic acids is 4. The third-order valence-electron chi connectivity index (χ3n) is 8.32. The molecule has 0 N–H and O–H groups in total. The van der Waals surface area contributed by atoms with Crippen molar-refractivity contribution in [2.24, 2.45) is 0 Å². The average molecular weight is 739 g/mol. The predicted molar refractivity (Wildman–Crippen MR) is 205 cm³/mol. The van der Waals surface area contributed by atoms with E-state index < -0.39 is 23.9 Å². The lowest BCUT2D eigenvalue weighted by molar-refractivity contribution is 0.0432. The van der Waals surface area contributed by atoms with E-state index >= 15 is 0 Å². The summed E-state index contributed by atoms with van der Waals surface area (Å²) in [7, 11) is 0. The van der Waals surface area contributed by atoms with Gasteiger partial charge >= 0.3 is 23.9 Å². The Morgan fingerprint density at radius 2 is 0.648 bits per heavy atom. The van der Waals surface area contributed by atoms with Gasteiger partial charge in [0.15, 0.2) is 0 Å². The molecule has 0 radical (unpaired) electrons. The molecule has 4 aromatic carbocycles. The highest BCUT2D eigenvalue weighted by molar-refractivity contribution is 5.93. The van der Waals surface area contributed by atoms with Gasteiger partial charge in [0, 0.05) is 0 Å². The van der Waals surface area contributed by atoms with Crippen LogP contribution < -0.4 is 18.9 Å². The molecule has 0 bridgehead atoms. The highest BCUT2D eigenvalue weighted by atomic mass is 16.5. The number of hydrogen-bond acceptors (Lipinski definition) is 10. The van der Waals surface area contributed by atoms with Gasteiger partial charge in [0.1, 0.15) is 23.0 Å². The summed E-state index contributed by atoms with van der Waals surface area (Å²) in [6, 6.07) is 25.8. The van der Waals surface area contributed by atoms with E-state index in [-0.39, 0.29) is 13.2 Å². The van der Waals surface area contributed by atoms with E-state index in [0.717, 1.165) is 25.7 Å². The van der Waals surface area contributed by atoms with Gasteiger partial charge in [-0.15, -0.1) is 0 Å². The van der Waals surface area contributed by atoms with Crippen molar-refractivity contribution in [2.75, 3.05) is 26.4 Å². The zero-order chi connectivity index (χ0) is 38.4. The second kappa shape index (κ2) is 23.1. The third kappa shape index (κ3) is 14.4. The molecule has 0 amide bonds. The fourth-order valence-corrected chi connectivity index (χ4v) is 5.16. The SMILES string of the molecule is CCCCCCOc1ccc(C(=O)Oc2ccc(C(=O)OCCCCOC(=O)c3ccc(OC(=O)c4ccc(OCCCCCC)cc4)cc3)cc2)cc1. The first-order valence-electron chi connectivity index (χ1n) is 18.8. The van der Waals surface area contributed by atoms with Crippen molar-refractivity contribution in [1.82, 2.24) is 0 Å². The Hall–Kier alpha value is -5.64. The minimum absolute atomic E-state index is 0.139. The van der Waals surface area contributed by atoms with E-state index in [1.165, 1.54) is 74.2 Å². The van der Waals surface area contributed by atoms with Crippen molar-refractivity contribution in [3.63, 3.8) is 0 Å². The van der Waals surface area contributed by atoms with Crippen molar-refractivity contribution in [1.29, 1.82) is 0 Å². The molecule has 0 heterocycles. The Morgan fingerprint density at radius 1 is 0.352 bits per heavy atom. The maximum absolute atomic E-state index is 12.6. The van der Waals surface area contributed by atoms with E-state index in [1.54, 1.807) is 48.5 Å². The molecule has 10 nitrogen and oxygen atoms in total. The van der Waals surface area contributed by atoms with Gasteiger partial charge in [-0.3, -0.25) is 0 Å². The average Bonchev–Trinajstić information content (AvgIpc) is 3.20. The van der Waals surface area contributed by atoms with Gasteiger partial charge in [-0.1, -0.05) is 52.4 Å². The van der Waals surface area contributed by atoms with Crippen LogP contribution in [0.1, 0.15) is 119 Å². The van der Waals surface area contributed by atoms with Crippen LogP contribution in [0.15, 0.2) is 97.1 Å². The first-order valence-corrected chi connectivity index (χ1v) is 18.8. The molecule has 10 heteroatoms. The minimum atomic E-state index is -0.518. The molecule has 0 fully saturated rings. The lowest BCUT2D eigenvalue weighted by atomic mass is 10.2. The van der Waals surface area contributed by atoms with E-state index in [9.17, 15) is 19.2 Å². The van der Waals surface area contributed by atoms with Crippen LogP contribution in [0.4, 0.5) is 0 Å². The van der Waals surface area contributed by atoms with Crippen molar-refractivity contribution in [3.05, 3.63) is 119 Å². The van der Waals surface area contributed by atoms with Crippen LogP contribution in [0.25, 0.3) is 0 Å². The number of ether oxygens (including phenoxy) is 6. The summed E-state index contributed by atoms with van der Waals surface area (Å²) in [6.45, 7) is 5.89. The van der Waals surface area contributed by atoms with Gasteiger partial charge in [0.05, 0.1) is 48.7 Å². The topological polar surface area (TPSA) is 124 Å². The number of carbonyl (C=O) groups is 4. The van der Waals surface area contributed by atoms with Gasteiger partial charge in [-0.05, 0) is 123 Å². The Morgan fingerprint density at radius 3 is 0.981 bits per heavy atom. The van der Waals surface area contributed by atoms with Crippen LogP contribution in [-0.4, -0.2) is 50.3 Å². The highest BCUT2D eigenvalue weighted by Gasteiger charge is 2.13. The zero-order valence-corrected chi connectivity index (χ0v) is 31.2. The van der Waals surface area contributed by atoms with Crippen molar-refractivity contribution in [2.45, 2.75) is 78.1 Å². The minimum Gasteiger partial charge on any atom is -0.494 e. The number of hydrogen-bond donors (Lipinski definition) is 0. The number of esters is 4. The van der Waals surface area contributed by atoms with Crippen molar-refractivity contribution >= 4 is 23.9 Å². The standard InChI is InChI=1S/C44H50O10/c1-3-5-7-9-29-49-37-21-13-35(14-22-37)43(47)53-39-25-17-33(18-26-39)41(45)51-31-11-12-32-52-42(46)34-19-27-40(28-20-34)54-44(48)36-15-23-38(24-16-36)50-30-10-8-6-4-2/h13-28H,3-12,29-32H2,1-2H3. The third-order valence-corrected chi connectivity index (χ3v) is 8.32. The van der Waals surface area contributed by atoms with E-state index in [0.29, 0.717) is 71.3 Å². The lowest BCUT2D eigenvalue weighted by Gasteiger charge is -2.09. The van der Waals surface area contributed by atoms with E-state index in [2.05, 4.69) is 13.8 Å². The van der Waals surface area contributed by atoms with Crippen LogP contribution in [0.3, 0.4) is 0 Å². The van der Waals surface area contributed by atoms with Gasteiger partial charge in [0.25, 0.3) is 0 Å². The molecule has 0 saturated carbocycles. The van der Waals surface area contributed by atoms with Crippen LogP contribution >= 0.6 is 0 Å². The summed E-state index contributed by atoms with van der Waals surface area (Å²) in [6.07, 6.45) is 9.93. The van der Waals surface area contributed by atoms with Gasteiger partial charge in [0.2, 0.25) is 0 Å². The molecule has 286 valence electrons. The first-order chi connectivity index (χ1) is 26.4. The lowest BCUT2D eigenvalue weighted by Crippen LogP contribution is -2.10. The summed E-state index contributed by atoms with van der Waals surface area (Å²) >= 11 is 0. The summed E-state index contributed by atoms with van der Waals surface area (Å²) in [4.78, 5) is 50.1. The summed E-state index contributed by atoms with van der Waals surface area (Å²) in [5, 5.41) is 0. The second-order valence-electron chi connectivity index (χ2n) is 12.7. The van der Waals surface area contributed by atoms with Crippen LogP contribution in [0.2, 0.25) is 0 Å². The molecular weight excluding hydrogens is 688 g/mol. The Kier molecular flexibility index (Phi) is 17.6. The number of rotatable bonds is 23. The quantitative estimate of drug-likeness (QED) is 0.0413. The van der Waals surface area contributed by atoms with Crippen molar-refractivity contribution < 1.29 is 47.6 Å². The molecule has 0 aliphatic carbocycles. The molecule has 4 rings (SSSR count). The molecule has 0 aromatic heterocycles. The maximum Gasteiger partial charge on any atom is 0.343 e. The van der Waals surface area contributed by atoms with E-state index in [4.69, 9.17) is 28.4 Å². The molecule has 54 heavy (non-hydrogen) atoms. The zero-order valence-electron chi connectivity index (χ0n) is 31.2. The molecule has 0 spiro atoms.